The van der Waals surface area contributed by atoms with E-state index in [-0.39, 0.29) is 0 Å². The molecule has 0 bridgehead atoms. The SMILES string of the molecule is CCCNc1c(N)cccc1Cl. The van der Waals surface area contributed by atoms with Gasteiger partial charge in [-0.25, -0.2) is 0 Å². The minimum Gasteiger partial charge on any atom is -0.397 e. The Balaban J connectivity index is 2.81. The van der Waals surface area contributed by atoms with Crippen molar-refractivity contribution in [1.82, 2.24) is 0 Å². The maximum Gasteiger partial charge on any atom is 0.0763 e. The van der Waals surface area contributed by atoms with Crippen LogP contribution in [0.2, 0.25) is 5.02 Å². The van der Waals surface area contributed by atoms with E-state index in [1.165, 1.54) is 0 Å². The maximum absolute atomic E-state index is 5.92. The van der Waals surface area contributed by atoms with E-state index in [1.54, 1.807) is 0 Å². The minimum absolute atomic E-state index is 0.684. The molecule has 0 aromatic heterocycles. The third-order valence-electron chi connectivity index (χ3n) is 1.60. The monoisotopic (exact) mass is 184 g/mol. The molecular weight excluding hydrogens is 172 g/mol. The summed E-state index contributed by atoms with van der Waals surface area (Å²) in [5.41, 5.74) is 7.27. The highest BCUT2D eigenvalue weighted by atomic mass is 35.5. The molecule has 0 aliphatic carbocycles. The van der Waals surface area contributed by atoms with E-state index >= 15 is 0 Å². The summed E-state index contributed by atoms with van der Waals surface area (Å²) in [6.07, 6.45) is 1.06. The van der Waals surface area contributed by atoms with Gasteiger partial charge in [0.25, 0.3) is 0 Å². The van der Waals surface area contributed by atoms with Crippen LogP contribution in [0.4, 0.5) is 11.4 Å². The van der Waals surface area contributed by atoms with Crippen LogP contribution in [0.3, 0.4) is 0 Å². The summed E-state index contributed by atoms with van der Waals surface area (Å²) in [5.74, 6) is 0. The van der Waals surface area contributed by atoms with E-state index in [9.17, 15) is 0 Å². The Labute approximate surface area is 77.7 Å². The molecular formula is C9H13ClN2. The van der Waals surface area contributed by atoms with Crippen LogP contribution < -0.4 is 11.1 Å². The molecule has 0 amide bonds. The molecule has 0 unspecified atom stereocenters. The quantitative estimate of drug-likeness (QED) is 0.709. The van der Waals surface area contributed by atoms with Crippen LogP contribution in [0.25, 0.3) is 0 Å². The first-order valence-electron chi connectivity index (χ1n) is 4.03. The molecule has 12 heavy (non-hydrogen) atoms. The van der Waals surface area contributed by atoms with Gasteiger partial charge in [0.05, 0.1) is 16.4 Å². The van der Waals surface area contributed by atoms with Gasteiger partial charge < -0.3 is 11.1 Å². The van der Waals surface area contributed by atoms with Gasteiger partial charge in [-0.1, -0.05) is 24.6 Å². The number of nitrogens with two attached hydrogens (primary N) is 1. The maximum atomic E-state index is 5.92. The molecule has 0 saturated heterocycles. The Hall–Kier alpha value is -0.890. The average Bonchev–Trinajstić information content (AvgIpc) is 2.04. The molecule has 0 aliphatic heterocycles. The minimum atomic E-state index is 0.684. The number of hydrogen-bond donors (Lipinski definition) is 2. The fourth-order valence-corrected chi connectivity index (χ4v) is 1.23. The zero-order chi connectivity index (χ0) is 8.97. The molecule has 1 aromatic rings. The van der Waals surface area contributed by atoms with Crippen LogP contribution in [0.15, 0.2) is 18.2 Å². The zero-order valence-corrected chi connectivity index (χ0v) is 7.86. The molecule has 1 aromatic carbocycles. The van der Waals surface area contributed by atoms with Crippen molar-refractivity contribution in [3.05, 3.63) is 23.2 Å². The normalized spacial score (nSPS) is 9.83. The number of benzene rings is 1. The third-order valence-corrected chi connectivity index (χ3v) is 1.91. The largest absolute Gasteiger partial charge is 0.397 e. The molecule has 0 atom stereocenters. The lowest BCUT2D eigenvalue weighted by Gasteiger charge is -2.09. The Morgan fingerprint density at radius 2 is 2.25 bits per heavy atom. The van der Waals surface area contributed by atoms with Crippen LogP contribution >= 0.6 is 11.6 Å². The second-order valence-electron chi connectivity index (χ2n) is 2.63. The van der Waals surface area contributed by atoms with Crippen LogP contribution in [-0.4, -0.2) is 6.54 Å². The van der Waals surface area contributed by atoms with Gasteiger partial charge in [0.1, 0.15) is 0 Å². The predicted octanol–water partition coefficient (Wildman–Crippen LogP) is 2.74. The van der Waals surface area contributed by atoms with Crippen molar-refractivity contribution in [3.63, 3.8) is 0 Å². The van der Waals surface area contributed by atoms with E-state index in [4.69, 9.17) is 17.3 Å². The first-order valence-corrected chi connectivity index (χ1v) is 4.41. The highest BCUT2D eigenvalue weighted by Gasteiger charge is 2.01. The fraction of sp³-hybridized carbons (Fsp3) is 0.333. The van der Waals surface area contributed by atoms with E-state index < -0.39 is 0 Å². The highest BCUT2D eigenvalue weighted by Crippen LogP contribution is 2.27. The molecule has 0 saturated carbocycles. The number of anilines is 2. The Bertz CT molecular complexity index is 240. The summed E-state index contributed by atoms with van der Waals surface area (Å²) in [5, 5.41) is 3.86. The van der Waals surface area contributed by atoms with Gasteiger partial charge in [-0.2, -0.15) is 0 Å². The number of halogens is 1. The van der Waals surface area contributed by atoms with Crippen molar-refractivity contribution in [2.75, 3.05) is 17.6 Å². The Morgan fingerprint density at radius 3 is 2.83 bits per heavy atom. The summed E-state index contributed by atoms with van der Waals surface area (Å²) >= 11 is 5.92. The van der Waals surface area contributed by atoms with Gasteiger partial charge in [-0.15, -0.1) is 0 Å². The van der Waals surface area contributed by atoms with E-state index in [0.717, 1.165) is 18.7 Å². The Morgan fingerprint density at radius 1 is 1.50 bits per heavy atom. The number of nitrogens with one attached hydrogen (secondary N) is 1. The van der Waals surface area contributed by atoms with Crippen molar-refractivity contribution in [1.29, 1.82) is 0 Å². The molecule has 2 nitrogen and oxygen atoms in total. The third kappa shape index (κ3) is 2.05. The first-order chi connectivity index (χ1) is 5.75. The van der Waals surface area contributed by atoms with Crippen LogP contribution in [-0.2, 0) is 0 Å². The molecule has 3 N–H and O–H groups in total. The number of hydrogen-bond acceptors (Lipinski definition) is 2. The molecule has 0 heterocycles. The lowest BCUT2D eigenvalue weighted by molar-refractivity contribution is 0.980. The molecule has 0 radical (unpaired) electrons. The smallest absolute Gasteiger partial charge is 0.0763 e. The van der Waals surface area contributed by atoms with Crippen molar-refractivity contribution < 1.29 is 0 Å². The van der Waals surface area contributed by atoms with Gasteiger partial charge in [0, 0.05) is 6.54 Å². The van der Waals surface area contributed by atoms with E-state index in [0.29, 0.717) is 10.7 Å². The second kappa shape index (κ2) is 4.21. The van der Waals surface area contributed by atoms with E-state index in [2.05, 4.69) is 12.2 Å². The summed E-state index contributed by atoms with van der Waals surface area (Å²) in [6, 6.07) is 5.51. The van der Waals surface area contributed by atoms with Crippen molar-refractivity contribution in [3.8, 4) is 0 Å². The van der Waals surface area contributed by atoms with Crippen molar-refractivity contribution >= 4 is 23.0 Å². The highest BCUT2D eigenvalue weighted by molar-refractivity contribution is 6.33. The predicted molar refractivity (Wildman–Crippen MR) is 54.6 cm³/mol. The van der Waals surface area contributed by atoms with Gasteiger partial charge in [0.2, 0.25) is 0 Å². The number of rotatable bonds is 3. The number of nitrogen functional groups attached to an aromatic ring is 1. The molecule has 1 rings (SSSR count). The molecule has 0 spiro atoms. The van der Waals surface area contributed by atoms with Gasteiger partial charge in [-0.05, 0) is 18.6 Å². The number of para-hydroxylation sites is 1. The molecule has 66 valence electrons. The topological polar surface area (TPSA) is 38.0 Å². The summed E-state index contributed by atoms with van der Waals surface area (Å²) in [7, 11) is 0. The van der Waals surface area contributed by atoms with Crippen molar-refractivity contribution in [2.24, 2.45) is 0 Å². The average molecular weight is 185 g/mol. The lowest BCUT2D eigenvalue weighted by Crippen LogP contribution is -2.03. The van der Waals surface area contributed by atoms with Crippen LogP contribution in [0, 0.1) is 0 Å². The van der Waals surface area contributed by atoms with Crippen LogP contribution in [0.5, 0.6) is 0 Å². The summed E-state index contributed by atoms with van der Waals surface area (Å²) < 4.78 is 0. The van der Waals surface area contributed by atoms with Crippen molar-refractivity contribution in [2.45, 2.75) is 13.3 Å². The van der Waals surface area contributed by atoms with Gasteiger partial charge in [-0.3, -0.25) is 0 Å². The van der Waals surface area contributed by atoms with Gasteiger partial charge in [0.15, 0.2) is 0 Å². The lowest BCUT2D eigenvalue weighted by atomic mass is 10.2. The standard InChI is InChI=1S/C9H13ClN2/c1-2-6-12-9-7(10)4-3-5-8(9)11/h3-5,12H,2,6,11H2,1H3. The van der Waals surface area contributed by atoms with E-state index in [1.807, 2.05) is 18.2 Å². The van der Waals surface area contributed by atoms with Crippen LogP contribution in [0.1, 0.15) is 13.3 Å². The zero-order valence-electron chi connectivity index (χ0n) is 7.10. The molecule has 0 aliphatic rings. The molecule has 3 heteroatoms. The Kier molecular flexibility index (Phi) is 3.23. The fourth-order valence-electron chi connectivity index (χ4n) is 0.977. The summed E-state index contributed by atoms with van der Waals surface area (Å²) in [6.45, 7) is 2.99. The van der Waals surface area contributed by atoms with Gasteiger partial charge >= 0.3 is 0 Å². The molecule has 0 fully saturated rings. The second-order valence-corrected chi connectivity index (χ2v) is 3.04. The first kappa shape index (κ1) is 9.20. The summed E-state index contributed by atoms with van der Waals surface area (Å²) in [4.78, 5) is 0.